The first-order valence-corrected chi connectivity index (χ1v) is 13.6. The molecule has 13 heteroatoms. The lowest BCUT2D eigenvalue weighted by molar-refractivity contribution is -0.201. The van der Waals surface area contributed by atoms with Gasteiger partial charge in [-0.25, -0.2) is 4.57 Å². The van der Waals surface area contributed by atoms with E-state index < -0.39 is 49.1 Å². The number of ether oxygens (including phenoxy) is 1. The number of nitrogens with one attached hydrogen (secondary N) is 1. The fraction of sp³-hybridized carbons (Fsp3) is 0.944. The number of thioether (sulfide) groups is 1. The van der Waals surface area contributed by atoms with Crippen LogP contribution in [0.5, 0.6) is 0 Å². The number of likely N-dealkylation sites (N-methyl/N-ethyl adjacent to an activating group) is 1. The second-order valence-corrected chi connectivity index (χ2v) is 11.1. The maximum absolute atomic E-state index is 13.0. The first-order valence-electron chi connectivity index (χ1n) is 10.3. The molecular formula is C18H34ClN2O8PS. The van der Waals surface area contributed by atoms with E-state index >= 15 is 0 Å². The molecule has 31 heavy (non-hydrogen) atoms. The zero-order valence-corrected chi connectivity index (χ0v) is 20.6. The monoisotopic (exact) mass is 504 g/mol. The van der Waals surface area contributed by atoms with Crippen molar-refractivity contribution in [3.05, 3.63) is 0 Å². The van der Waals surface area contributed by atoms with E-state index in [-0.39, 0.29) is 11.9 Å². The van der Waals surface area contributed by atoms with Gasteiger partial charge in [-0.05, 0) is 39.0 Å². The molecule has 0 bridgehead atoms. The predicted octanol–water partition coefficient (Wildman–Crippen LogP) is 0.506. The van der Waals surface area contributed by atoms with Crippen LogP contribution >= 0.6 is 31.2 Å². The molecule has 2 aliphatic rings. The summed E-state index contributed by atoms with van der Waals surface area (Å²) >= 11 is 7.38. The molecule has 0 unspecified atom stereocenters. The lowest BCUT2D eigenvalue weighted by Gasteiger charge is -2.45. The van der Waals surface area contributed by atoms with Crippen molar-refractivity contribution in [2.75, 3.05) is 19.8 Å². The van der Waals surface area contributed by atoms with Gasteiger partial charge < -0.3 is 30.1 Å². The van der Waals surface area contributed by atoms with Gasteiger partial charge in [0.25, 0.3) is 0 Å². The van der Waals surface area contributed by atoms with Crippen molar-refractivity contribution in [1.29, 1.82) is 0 Å². The Balaban J connectivity index is 2.15. The number of nitrogens with zero attached hydrogens (tertiary/aromatic N) is 1. The number of carbonyl (C=O) groups excluding carboxylic acids is 1. The lowest BCUT2D eigenvalue weighted by atomic mass is 9.92. The summed E-state index contributed by atoms with van der Waals surface area (Å²) in [6.07, 6.45) is -1.37. The quantitative estimate of drug-likeness (QED) is 0.222. The predicted molar refractivity (Wildman–Crippen MR) is 118 cm³/mol. The number of halogens is 1. The second kappa shape index (κ2) is 11.5. The van der Waals surface area contributed by atoms with E-state index in [4.69, 9.17) is 26.1 Å². The zero-order valence-electron chi connectivity index (χ0n) is 18.1. The van der Waals surface area contributed by atoms with Gasteiger partial charge in [-0.15, -0.1) is 23.4 Å². The molecule has 0 aromatic carbocycles. The summed E-state index contributed by atoms with van der Waals surface area (Å²) in [6, 6.07) is -1.18. The fourth-order valence-corrected chi connectivity index (χ4v) is 5.93. The number of likely N-dealkylation sites (tertiary alicyclic amines) is 1. The van der Waals surface area contributed by atoms with Crippen molar-refractivity contribution >= 4 is 37.1 Å². The minimum atomic E-state index is -4.93. The highest BCUT2D eigenvalue weighted by atomic mass is 35.5. The smallest absolute Gasteiger partial charge is 0.388 e. The van der Waals surface area contributed by atoms with E-state index in [1.54, 1.807) is 13.2 Å². The number of carbonyl (C=O) groups is 1. The number of phosphoric ester groups is 1. The average Bonchev–Trinajstić information content (AvgIpc) is 3.03. The Hall–Kier alpha value is 0.0600. The van der Waals surface area contributed by atoms with Crippen molar-refractivity contribution in [3.63, 3.8) is 0 Å². The van der Waals surface area contributed by atoms with Crippen molar-refractivity contribution < 1.29 is 38.6 Å². The number of rotatable bonds is 9. The minimum Gasteiger partial charge on any atom is -0.388 e. The van der Waals surface area contributed by atoms with Gasteiger partial charge in [0.1, 0.15) is 29.9 Å². The molecule has 0 radical (unpaired) electrons. The maximum Gasteiger partial charge on any atom is 0.470 e. The van der Waals surface area contributed by atoms with E-state index in [1.165, 1.54) is 0 Å². The van der Waals surface area contributed by atoms with Crippen LogP contribution in [0.3, 0.4) is 0 Å². The molecule has 2 heterocycles. The first-order chi connectivity index (χ1) is 14.4. The molecule has 2 aliphatic heterocycles. The van der Waals surface area contributed by atoms with E-state index in [0.29, 0.717) is 5.92 Å². The molecule has 1 amide bonds. The largest absolute Gasteiger partial charge is 0.470 e. The van der Waals surface area contributed by atoms with Gasteiger partial charge in [0.15, 0.2) is 0 Å². The van der Waals surface area contributed by atoms with E-state index in [0.717, 1.165) is 37.6 Å². The number of alkyl halides is 1. The van der Waals surface area contributed by atoms with Crippen LogP contribution in [0.1, 0.15) is 33.1 Å². The van der Waals surface area contributed by atoms with Gasteiger partial charge in [0, 0.05) is 6.54 Å². The van der Waals surface area contributed by atoms with Gasteiger partial charge in [-0.2, -0.15) is 0 Å². The van der Waals surface area contributed by atoms with Crippen LogP contribution in [0.4, 0.5) is 0 Å². The molecule has 0 aromatic rings. The van der Waals surface area contributed by atoms with Crippen molar-refractivity contribution in [1.82, 2.24) is 10.2 Å². The fourth-order valence-electron chi connectivity index (χ4n) is 4.37. The molecule has 0 saturated carbocycles. The molecule has 0 aromatic heterocycles. The van der Waals surface area contributed by atoms with E-state index in [9.17, 15) is 19.6 Å². The summed E-state index contributed by atoms with van der Waals surface area (Å²) in [5.74, 6) is 0.195. The highest BCUT2D eigenvalue weighted by Gasteiger charge is 2.51. The Morgan fingerprint density at radius 3 is 2.55 bits per heavy atom. The highest BCUT2D eigenvalue weighted by Crippen LogP contribution is 2.43. The number of aliphatic hydroxyl groups is 2. The third-order valence-electron chi connectivity index (χ3n) is 5.87. The minimum absolute atomic E-state index is 0.238. The molecule has 2 fully saturated rings. The Bertz CT molecular complexity index is 654. The first kappa shape index (κ1) is 27.3. The molecule has 2 rings (SSSR count). The van der Waals surface area contributed by atoms with E-state index in [1.807, 2.05) is 11.9 Å². The molecule has 2 saturated heterocycles. The van der Waals surface area contributed by atoms with Crippen LogP contribution in [0, 0.1) is 5.92 Å². The number of amides is 1. The zero-order chi connectivity index (χ0) is 23.5. The van der Waals surface area contributed by atoms with Gasteiger partial charge >= 0.3 is 7.82 Å². The van der Waals surface area contributed by atoms with Crippen molar-refractivity contribution in [2.45, 2.75) is 80.4 Å². The average molecular weight is 505 g/mol. The molecule has 0 spiro atoms. The maximum atomic E-state index is 13.0. The van der Waals surface area contributed by atoms with E-state index in [2.05, 4.69) is 16.8 Å². The third-order valence-corrected chi connectivity index (χ3v) is 7.50. The van der Waals surface area contributed by atoms with Crippen LogP contribution in [0.25, 0.3) is 0 Å². The Morgan fingerprint density at radius 1 is 1.39 bits per heavy atom. The Labute approximate surface area is 192 Å². The summed E-state index contributed by atoms with van der Waals surface area (Å²) in [7, 11) is -3.04. The molecule has 9 atom stereocenters. The summed E-state index contributed by atoms with van der Waals surface area (Å²) in [6.45, 7) is 4.57. The topological polar surface area (TPSA) is 149 Å². The molecular weight excluding hydrogens is 471 g/mol. The highest BCUT2D eigenvalue weighted by molar-refractivity contribution is 7.99. The number of aliphatic hydroxyl groups excluding tert-OH is 2. The third kappa shape index (κ3) is 7.02. The Morgan fingerprint density at radius 2 is 2.03 bits per heavy atom. The van der Waals surface area contributed by atoms with Gasteiger partial charge in [0.05, 0.1) is 17.5 Å². The summed E-state index contributed by atoms with van der Waals surface area (Å²) in [5.41, 5.74) is -0.992. The van der Waals surface area contributed by atoms with Crippen LogP contribution in [0.15, 0.2) is 0 Å². The molecule has 5 N–H and O–H groups in total. The van der Waals surface area contributed by atoms with Crippen LogP contribution in [0.2, 0.25) is 0 Å². The number of hydrogen-bond donors (Lipinski definition) is 5. The normalized spacial score (nSPS) is 36.9. The van der Waals surface area contributed by atoms with Gasteiger partial charge in [0.2, 0.25) is 5.91 Å². The van der Waals surface area contributed by atoms with Crippen LogP contribution in [-0.2, 0) is 18.6 Å². The standard InChI is InChI=1S/C18H34ClN2O8PS/c1-5-6-10-7-11(21(3)8-10)17(24)20-12(9(2)19)15-13(22)14(23)16(18(28-15)31-4)29-30(25,26)27/h9-16,18,22-23H,5-8H2,1-4H3,(H,20,24)(H2,25,26,27)/t9-,10+,11+,12+,13+,14+,15-,16+,18+/m0/s1. The molecule has 10 nitrogen and oxygen atoms in total. The van der Waals surface area contributed by atoms with Crippen molar-refractivity contribution in [2.24, 2.45) is 5.92 Å². The van der Waals surface area contributed by atoms with Crippen molar-refractivity contribution in [3.8, 4) is 0 Å². The lowest BCUT2D eigenvalue weighted by Crippen LogP contribution is -2.65. The SMILES string of the molecule is CCC[C@@H]1C[C@H](C(=O)N[C@@H]([C@@H]2O[C@H](SC)[C@H](OP(=O)(O)O)[C@H](O)[C@H]2O)[C@H](C)Cl)N(C)C1. The molecule has 0 aliphatic carbocycles. The summed E-state index contributed by atoms with van der Waals surface area (Å²) in [5, 5.41) is 23.4. The van der Waals surface area contributed by atoms with Crippen LogP contribution < -0.4 is 5.32 Å². The summed E-state index contributed by atoms with van der Waals surface area (Å²) in [4.78, 5) is 33.3. The molecule has 182 valence electrons. The van der Waals surface area contributed by atoms with Gasteiger partial charge in [-0.3, -0.25) is 14.2 Å². The van der Waals surface area contributed by atoms with Crippen LogP contribution in [-0.4, -0.2) is 98.0 Å². The van der Waals surface area contributed by atoms with Gasteiger partial charge in [-0.1, -0.05) is 13.3 Å². The number of hydrogen-bond acceptors (Lipinski definition) is 8. The Kier molecular flexibility index (Phi) is 10.1. The second-order valence-electron chi connectivity index (χ2n) is 8.30. The number of phosphoric acid groups is 1. The summed E-state index contributed by atoms with van der Waals surface area (Å²) < 4.78 is 21.7.